The molecule has 1 N–H and O–H groups in total. The van der Waals surface area contributed by atoms with Crippen molar-refractivity contribution in [1.29, 1.82) is 0 Å². The van der Waals surface area contributed by atoms with Crippen LogP contribution in [0.15, 0.2) is 30.3 Å². The van der Waals surface area contributed by atoms with Crippen LogP contribution < -0.4 is 5.32 Å². The van der Waals surface area contributed by atoms with Gasteiger partial charge in [0.25, 0.3) is 0 Å². The van der Waals surface area contributed by atoms with E-state index in [0.717, 1.165) is 26.2 Å². The Morgan fingerprint density at radius 3 is 2.81 bits per heavy atom. The molecule has 0 aliphatic carbocycles. The molecule has 21 heavy (non-hydrogen) atoms. The van der Waals surface area contributed by atoms with Gasteiger partial charge in [0.05, 0.1) is 5.60 Å². The molecular formula is C18H28N2O. The third-order valence-electron chi connectivity index (χ3n) is 5.04. The number of piperazine rings is 1. The van der Waals surface area contributed by atoms with Gasteiger partial charge in [-0.15, -0.1) is 0 Å². The monoisotopic (exact) mass is 288 g/mol. The van der Waals surface area contributed by atoms with Gasteiger partial charge >= 0.3 is 0 Å². The Balaban J connectivity index is 1.70. The minimum Gasteiger partial charge on any atom is -0.374 e. The first-order valence-electron chi connectivity index (χ1n) is 8.36. The largest absolute Gasteiger partial charge is 0.374 e. The van der Waals surface area contributed by atoms with Crippen LogP contribution in [0.1, 0.15) is 44.7 Å². The Morgan fingerprint density at radius 1 is 1.33 bits per heavy atom. The van der Waals surface area contributed by atoms with E-state index in [1.165, 1.54) is 24.8 Å². The van der Waals surface area contributed by atoms with Gasteiger partial charge in [-0.2, -0.15) is 0 Å². The highest BCUT2D eigenvalue weighted by atomic mass is 16.5. The maximum Gasteiger partial charge on any atom is 0.0781 e. The fraction of sp³-hybridized carbons (Fsp3) is 0.667. The van der Waals surface area contributed by atoms with Crippen molar-refractivity contribution in [3.8, 4) is 0 Å². The Labute approximate surface area is 128 Å². The number of benzene rings is 1. The van der Waals surface area contributed by atoms with Crippen molar-refractivity contribution in [3.05, 3.63) is 35.9 Å². The molecule has 1 aromatic rings. The maximum absolute atomic E-state index is 6.01. The van der Waals surface area contributed by atoms with Crippen molar-refractivity contribution in [2.24, 2.45) is 0 Å². The lowest BCUT2D eigenvalue weighted by atomic mass is 9.96. The van der Waals surface area contributed by atoms with Crippen LogP contribution in [0.25, 0.3) is 0 Å². The summed E-state index contributed by atoms with van der Waals surface area (Å²) in [5.74, 6) is 0. The molecule has 3 atom stereocenters. The first kappa shape index (κ1) is 15.0. The standard InChI is InChI=1S/C18H28N2O/c1-3-16-12-19-17(15-8-5-4-6-9-15)13-20(16)14-18(2)10-7-11-21-18/h4-6,8-9,16-17,19H,3,7,10-14H2,1-2H3. The number of ether oxygens (including phenoxy) is 1. The van der Waals surface area contributed by atoms with Crippen LogP contribution in [0.2, 0.25) is 0 Å². The second-order valence-corrected chi connectivity index (χ2v) is 6.76. The SMILES string of the molecule is CCC1CNC(c2ccccc2)CN1CC1(C)CCCO1. The minimum atomic E-state index is 0.0615. The highest BCUT2D eigenvalue weighted by Gasteiger charge is 2.36. The molecular weight excluding hydrogens is 260 g/mol. The molecule has 3 unspecified atom stereocenters. The summed E-state index contributed by atoms with van der Waals surface area (Å²) in [6.07, 6.45) is 3.61. The van der Waals surface area contributed by atoms with Gasteiger partial charge in [0.2, 0.25) is 0 Å². The zero-order valence-corrected chi connectivity index (χ0v) is 13.3. The van der Waals surface area contributed by atoms with Crippen molar-refractivity contribution >= 4 is 0 Å². The smallest absolute Gasteiger partial charge is 0.0781 e. The summed E-state index contributed by atoms with van der Waals surface area (Å²) in [5, 5.41) is 3.72. The Hall–Kier alpha value is -0.900. The molecule has 2 saturated heterocycles. The van der Waals surface area contributed by atoms with Gasteiger partial charge in [0.15, 0.2) is 0 Å². The molecule has 0 spiro atoms. The molecule has 3 rings (SSSR count). The summed E-state index contributed by atoms with van der Waals surface area (Å²) in [6.45, 7) is 8.73. The summed E-state index contributed by atoms with van der Waals surface area (Å²) in [7, 11) is 0. The first-order chi connectivity index (χ1) is 10.2. The number of nitrogens with one attached hydrogen (secondary N) is 1. The Morgan fingerprint density at radius 2 is 2.14 bits per heavy atom. The topological polar surface area (TPSA) is 24.5 Å². The molecule has 0 saturated carbocycles. The summed E-state index contributed by atoms with van der Waals surface area (Å²) in [6, 6.07) is 11.9. The normalized spacial score (nSPS) is 34.2. The molecule has 1 aromatic carbocycles. The summed E-state index contributed by atoms with van der Waals surface area (Å²) >= 11 is 0. The highest BCUT2D eigenvalue weighted by Crippen LogP contribution is 2.29. The molecule has 3 heteroatoms. The third-order valence-corrected chi connectivity index (χ3v) is 5.04. The van der Waals surface area contributed by atoms with Crippen LogP contribution in [0.4, 0.5) is 0 Å². The van der Waals surface area contributed by atoms with Crippen LogP contribution in [0.3, 0.4) is 0 Å². The van der Waals surface area contributed by atoms with Crippen molar-refractivity contribution in [1.82, 2.24) is 10.2 Å². The van der Waals surface area contributed by atoms with Gasteiger partial charge in [-0.25, -0.2) is 0 Å². The van der Waals surface area contributed by atoms with E-state index in [4.69, 9.17) is 4.74 Å². The quantitative estimate of drug-likeness (QED) is 0.922. The molecule has 0 radical (unpaired) electrons. The molecule has 2 aliphatic rings. The van der Waals surface area contributed by atoms with Gasteiger partial charge in [0.1, 0.15) is 0 Å². The number of rotatable bonds is 4. The van der Waals surface area contributed by atoms with Gasteiger partial charge < -0.3 is 10.1 Å². The van der Waals surface area contributed by atoms with Crippen molar-refractivity contribution in [2.75, 3.05) is 26.2 Å². The second-order valence-electron chi connectivity index (χ2n) is 6.76. The first-order valence-corrected chi connectivity index (χ1v) is 8.36. The maximum atomic E-state index is 6.01. The lowest BCUT2D eigenvalue weighted by Gasteiger charge is -2.43. The highest BCUT2D eigenvalue weighted by molar-refractivity contribution is 5.20. The van der Waals surface area contributed by atoms with Crippen LogP contribution in [-0.4, -0.2) is 42.8 Å². The molecule has 2 heterocycles. The van der Waals surface area contributed by atoms with E-state index >= 15 is 0 Å². The lowest BCUT2D eigenvalue weighted by Crippen LogP contribution is -2.56. The van der Waals surface area contributed by atoms with E-state index in [-0.39, 0.29) is 5.60 Å². The predicted molar refractivity (Wildman–Crippen MR) is 86.4 cm³/mol. The van der Waals surface area contributed by atoms with Gasteiger partial charge in [-0.3, -0.25) is 4.90 Å². The van der Waals surface area contributed by atoms with Crippen molar-refractivity contribution in [2.45, 2.75) is 50.8 Å². The van der Waals surface area contributed by atoms with E-state index in [1.54, 1.807) is 0 Å². The fourth-order valence-electron chi connectivity index (χ4n) is 3.75. The van der Waals surface area contributed by atoms with E-state index in [9.17, 15) is 0 Å². The van der Waals surface area contributed by atoms with Crippen LogP contribution in [-0.2, 0) is 4.74 Å². The molecule has 2 fully saturated rings. The average molecular weight is 288 g/mol. The van der Waals surface area contributed by atoms with E-state index < -0.39 is 0 Å². The Kier molecular flexibility index (Phi) is 4.63. The van der Waals surface area contributed by atoms with Crippen LogP contribution in [0, 0.1) is 0 Å². The summed E-state index contributed by atoms with van der Waals surface area (Å²) in [5.41, 5.74) is 1.46. The lowest BCUT2D eigenvalue weighted by molar-refractivity contribution is -0.0284. The second kappa shape index (κ2) is 6.47. The van der Waals surface area contributed by atoms with Gasteiger partial charge in [-0.1, -0.05) is 37.3 Å². The van der Waals surface area contributed by atoms with E-state index in [0.29, 0.717) is 12.1 Å². The number of nitrogens with zero attached hydrogens (tertiary/aromatic N) is 1. The fourth-order valence-corrected chi connectivity index (χ4v) is 3.75. The van der Waals surface area contributed by atoms with Gasteiger partial charge in [0, 0.05) is 38.3 Å². The molecule has 0 aromatic heterocycles. The summed E-state index contributed by atoms with van der Waals surface area (Å²) < 4.78 is 6.01. The van der Waals surface area contributed by atoms with Gasteiger partial charge in [-0.05, 0) is 31.7 Å². The molecule has 116 valence electrons. The molecule has 3 nitrogen and oxygen atoms in total. The predicted octanol–water partition coefficient (Wildman–Crippen LogP) is 2.98. The van der Waals surface area contributed by atoms with Crippen molar-refractivity contribution < 1.29 is 4.74 Å². The number of hydrogen-bond donors (Lipinski definition) is 1. The summed E-state index contributed by atoms with van der Waals surface area (Å²) in [4.78, 5) is 2.65. The zero-order chi connectivity index (χ0) is 14.7. The van der Waals surface area contributed by atoms with Crippen LogP contribution >= 0.6 is 0 Å². The van der Waals surface area contributed by atoms with E-state index in [2.05, 4.69) is 54.4 Å². The zero-order valence-electron chi connectivity index (χ0n) is 13.3. The van der Waals surface area contributed by atoms with Crippen LogP contribution in [0.5, 0.6) is 0 Å². The Bertz CT molecular complexity index is 442. The molecule has 2 aliphatic heterocycles. The van der Waals surface area contributed by atoms with Crippen molar-refractivity contribution in [3.63, 3.8) is 0 Å². The third kappa shape index (κ3) is 3.47. The number of hydrogen-bond acceptors (Lipinski definition) is 3. The molecule has 0 bridgehead atoms. The molecule has 0 amide bonds. The average Bonchev–Trinajstić information content (AvgIpc) is 2.94. The minimum absolute atomic E-state index is 0.0615. The van der Waals surface area contributed by atoms with E-state index in [1.807, 2.05) is 0 Å².